The van der Waals surface area contributed by atoms with Crippen molar-refractivity contribution in [3.8, 4) is 0 Å². The van der Waals surface area contributed by atoms with E-state index in [0.29, 0.717) is 29.1 Å². The number of benzene rings is 2. The lowest BCUT2D eigenvalue weighted by molar-refractivity contribution is -0.939. The normalized spacial score (nSPS) is 27.3. The molecule has 0 unspecified atom stereocenters. The number of carbonyl (C=O) groups is 2. The quantitative estimate of drug-likeness (QED) is 0.288. The smallest absolute Gasteiger partial charge is 0.317 e. The summed E-state index contributed by atoms with van der Waals surface area (Å²) in [4.78, 5) is 26.8. The van der Waals surface area contributed by atoms with Gasteiger partial charge in [0.25, 0.3) is 0 Å². The molecule has 2 aromatic rings. The van der Waals surface area contributed by atoms with E-state index in [1.54, 1.807) is 0 Å². The van der Waals surface area contributed by atoms with E-state index >= 15 is 0 Å². The van der Waals surface area contributed by atoms with Gasteiger partial charge in [0.2, 0.25) is 0 Å². The highest BCUT2D eigenvalue weighted by Gasteiger charge is 2.50. The van der Waals surface area contributed by atoms with Gasteiger partial charge in [-0.25, -0.2) is 8.78 Å². The van der Waals surface area contributed by atoms with Crippen LogP contribution in [0, 0.1) is 17.6 Å². The van der Waals surface area contributed by atoms with Crippen molar-refractivity contribution in [2.45, 2.75) is 69.3 Å². The highest BCUT2D eigenvalue weighted by molar-refractivity contribution is 5.83. The van der Waals surface area contributed by atoms with Crippen LogP contribution in [0.1, 0.15) is 62.5 Å². The molecule has 2 bridgehead atoms. The Labute approximate surface area is 212 Å². The van der Waals surface area contributed by atoms with Crippen LogP contribution in [0.15, 0.2) is 48.5 Å². The standard InChI is InChI=1S/C30H36F2NO3/c31-25-16-22(17-26(32)19-25)18-27(34)20-33-14-10-23(11-15-33)28(21-33)36-29(35)30(12-6-1-2-7-13-30)24-8-4-3-5-9-24/h3-5,8-9,16-17,19,23,28H,1-2,6-7,10-15,18,20-21H2/q+1/t23?,28-,33?/m0/s1. The number of esters is 1. The molecule has 3 heterocycles. The van der Waals surface area contributed by atoms with Crippen molar-refractivity contribution in [1.82, 2.24) is 0 Å². The number of nitrogens with zero attached hydrogens (tertiary/aromatic N) is 1. The van der Waals surface area contributed by atoms with Gasteiger partial charge >= 0.3 is 5.97 Å². The second-order valence-corrected chi connectivity index (χ2v) is 11.3. The summed E-state index contributed by atoms with van der Waals surface area (Å²) >= 11 is 0. The fourth-order valence-electron chi connectivity index (χ4n) is 6.90. The second kappa shape index (κ2) is 10.4. The van der Waals surface area contributed by atoms with Gasteiger partial charge in [-0.2, -0.15) is 0 Å². The van der Waals surface area contributed by atoms with Gasteiger partial charge in [0.1, 0.15) is 24.7 Å². The van der Waals surface area contributed by atoms with Crippen LogP contribution in [0.2, 0.25) is 0 Å². The van der Waals surface area contributed by atoms with Crippen LogP contribution in [0.25, 0.3) is 0 Å². The predicted molar refractivity (Wildman–Crippen MR) is 133 cm³/mol. The molecule has 6 rings (SSSR count). The van der Waals surface area contributed by atoms with Crippen LogP contribution in [-0.4, -0.2) is 48.5 Å². The zero-order valence-corrected chi connectivity index (χ0v) is 20.9. The number of ether oxygens (including phenoxy) is 1. The van der Waals surface area contributed by atoms with Crippen LogP contribution in [0.4, 0.5) is 8.78 Å². The third-order valence-electron chi connectivity index (χ3n) is 8.81. The van der Waals surface area contributed by atoms with Gasteiger partial charge in [-0.05, 0) is 36.1 Å². The first kappa shape index (κ1) is 25.1. The maximum Gasteiger partial charge on any atom is 0.317 e. The molecule has 0 aromatic heterocycles. The third-order valence-corrected chi connectivity index (χ3v) is 8.81. The molecule has 0 N–H and O–H groups in total. The van der Waals surface area contributed by atoms with Gasteiger partial charge in [-0.3, -0.25) is 9.59 Å². The van der Waals surface area contributed by atoms with Crippen molar-refractivity contribution in [2.75, 3.05) is 26.2 Å². The second-order valence-electron chi connectivity index (χ2n) is 11.3. The van der Waals surface area contributed by atoms with Crippen molar-refractivity contribution >= 4 is 11.8 Å². The van der Waals surface area contributed by atoms with E-state index in [9.17, 15) is 18.4 Å². The van der Waals surface area contributed by atoms with Crippen LogP contribution in [0.3, 0.4) is 0 Å². The number of carbonyl (C=O) groups excluding carboxylic acids is 2. The Morgan fingerprint density at radius 2 is 1.56 bits per heavy atom. The van der Waals surface area contributed by atoms with Gasteiger partial charge in [0.15, 0.2) is 11.9 Å². The highest BCUT2D eigenvalue weighted by Crippen LogP contribution is 2.42. The Morgan fingerprint density at radius 3 is 2.19 bits per heavy atom. The highest BCUT2D eigenvalue weighted by atomic mass is 19.1. The maximum absolute atomic E-state index is 13.9. The van der Waals surface area contributed by atoms with Crippen LogP contribution in [-0.2, 0) is 26.2 Å². The number of hydrogen-bond donors (Lipinski definition) is 0. The molecule has 4 aliphatic rings. The Hall–Kier alpha value is -2.60. The number of ketones is 1. The summed E-state index contributed by atoms with van der Waals surface area (Å²) in [5, 5.41) is 0. The monoisotopic (exact) mass is 496 g/mol. The van der Waals surface area contributed by atoms with Crippen molar-refractivity contribution in [3.05, 3.63) is 71.3 Å². The van der Waals surface area contributed by atoms with E-state index in [0.717, 1.165) is 76.1 Å². The van der Waals surface area contributed by atoms with Crippen molar-refractivity contribution in [1.29, 1.82) is 0 Å². The van der Waals surface area contributed by atoms with E-state index in [-0.39, 0.29) is 24.3 Å². The molecule has 1 saturated carbocycles. The third kappa shape index (κ3) is 5.24. The van der Waals surface area contributed by atoms with Gasteiger partial charge in [-0.15, -0.1) is 0 Å². The molecule has 36 heavy (non-hydrogen) atoms. The Balaban J connectivity index is 1.29. The van der Waals surface area contributed by atoms with E-state index in [2.05, 4.69) is 12.1 Å². The first-order valence-electron chi connectivity index (χ1n) is 13.5. The van der Waals surface area contributed by atoms with E-state index in [4.69, 9.17) is 4.74 Å². The van der Waals surface area contributed by atoms with Crippen LogP contribution in [0.5, 0.6) is 0 Å². The van der Waals surface area contributed by atoms with Crippen LogP contribution < -0.4 is 0 Å². The zero-order valence-electron chi connectivity index (χ0n) is 20.9. The summed E-state index contributed by atoms with van der Waals surface area (Å²) in [6.07, 6.45) is 7.64. The van der Waals surface area contributed by atoms with Gasteiger partial charge in [0, 0.05) is 31.2 Å². The summed E-state index contributed by atoms with van der Waals surface area (Å²) in [7, 11) is 0. The van der Waals surface area contributed by atoms with Gasteiger partial charge < -0.3 is 9.22 Å². The summed E-state index contributed by atoms with van der Waals surface area (Å²) in [6, 6.07) is 13.4. The van der Waals surface area contributed by atoms with E-state index in [1.165, 1.54) is 12.1 Å². The summed E-state index contributed by atoms with van der Waals surface area (Å²) in [6.45, 7) is 2.71. The molecule has 4 nitrogen and oxygen atoms in total. The molecule has 3 saturated heterocycles. The molecule has 0 radical (unpaired) electrons. The number of rotatable bonds is 7. The Morgan fingerprint density at radius 1 is 0.917 bits per heavy atom. The Kier molecular flexibility index (Phi) is 7.25. The number of Topliss-reactive ketones (excluding diaryl/α,β-unsaturated/α-hetero) is 1. The topological polar surface area (TPSA) is 43.4 Å². The summed E-state index contributed by atoms with van der Waals surface area (Å²) < 4.78 is 34.1. The first-order chi connectivity index (χ1) is 17.4. The average Bonchev–Trinajstić information content (AvgIpc) is 3.11. The number of halogens is 2. The minimum absolute atomic E-state index is 0.0136. The minimum atomic E-state index is -0.665. The summed E-state index contributed by atoms with van der Waals surface area (Å²) in [5.41, 5.74) is 0.828. The van der Waals surface area contributed by atoms with Crippen LogP contribution >= 0.6 is 0 Å². The van der Waals surface area contributed by atoms with Gasteiger partial charge in [-0.1, -0.05) is 56.0 Å². The lowest BCUT2D eigenvalue weighted by Crippen LogP contribution is -2.66. The zero-order chi connectivity index (χ0) is 25.2. The summed E-state index contributed by atoms with van der Waals surface area (Å²) in [5.74, 6) is -1.13. The predicted octanol–water partition coefficient (Wildman–Crippen LogP) is 5.52. The SMILES string of the molecule is O=C(Cc1cc(F)cc(F)c1)C[N+]12CCC(CC1)[C@@H](OC(=O)C1(c3ccccc3)CCCCCC1)C2. The van der Waals surface area contributed by atoms with Crippen molar-refractivity contribution in [3.63, 3.8) is 0 Å². The number of quaternary nitrogens is 1. The Bertz CT molecular complexity index is 1070. The first-order valence-corrected chi connectivity index (χ1v) is 13.5. The number of fused-ring (bicyclic) bond motifs is 3. The fourth-order valence-corrected chi connectivity index (χ4v) is 6.90. The molecule has 2 aromatic carbocycles. The molecule has 1 aliphatic carbocycles. The van der Waals surface area contributed by atoms with Crippen molar-refractivity contribution < 1.29 is 27.6 Å². The number of piperidine rings is 3. The van der Waals surface area contributed by atoms with E-state index in [1.807, 2.05) is 18.2 Å². The molecule has 1 atom stereocenters. The molecule has 192 valence electrons. The van der Waals surface area contributed by atoms with Gasteiger partial charge in [0.05, 0.1) is 18.5 Å². The molecular formula is C30H36F2NO3+. The molecule has 4 fully saturated rings. The lowest BCUT2D eigenvalue weighted by atomic mass is 9.74. The number of hydrogen-bond acceptors (Lipinski definition) is 3. The largest absolute Gasteiger partial charge is 0.455 e. The molecule has 3 aliphatic heterocycles. The van der Waals surface area contributed by atoms with E-state index < -0.39 is 17.0 Å². The molecule has 0 amide bonds. The van der Waals surface area contributed by atoms with Crippen molar-refractivity contribution in [2.24, 2.45) is 5.92 Å². The lowest BCUT2D eigenvalue weighted by Gasteiger charge is -2.52. The molecule has 6 heteroatoms. The molecule has 0 spiro atoms. The molecular weight excluding hydrogens is 460 g/mol. The minimum Gasteiger partial charge on any atom is -0.455 e. The fraction of sp³-hybridized carbons (Fsp3) is 0.533. The average molecular weight is 497 g/mol. The maximum atomic E-state index is 13.9.